The first-order chi connectivity index (χ1) is 9.93. The molecule has 0 amide bonds. The Morgan fingerprint density at radius 3 is 1.86 bits per heavy atom. The van der Waals surface area contributed by atoms with E-state index in [4.69, 9.17) is 4.74 Å². The number of alkyl halides is 2. The van der Waals surface area contributed by atoms with E-state index in [1.165, 1.54) is 12.1 Å². The second-order valence-corrected chi connectivity index (χ2v) is 6.85. The molecule has 2 aromatic rings. The van der Waals surface area contributed by atoms with Gasteiger partial charge in [-0.3, -0.25) is 0 Å². The molecule has 0 saturated carbocycles. The van der Waals surface area contributed by atoms with E-state index in [0.29, 0.717) is 11.5 Å². The number of hydrogen-bond acceptors (Lipinski definition) is 4. The highest BCUT2D eigenvalue weighted by Gasteiger charge is 2.26. The summed E-state index contributed by atoms with van der Waals surface area (Å²) < 4.78 is 52.9. The third-order valence-electron chi connectivity index (χ3n) is 2.68. The summed E-state index contributed by atoms with van der Waals surface area (Å²) in [6.45, 7) is 0. The van der Waals surface area contributed by atoms with Gasteiger partial charge in [-0.15, -0.1) is 11.8 Å². The maximum Gasteiger partial charge on any atom is 0.341 e. The van der Waals surface area contributed by atoms with Gasteiger partial charge in [0.25, 0.3) is 0 Å². The smallest absolute Gasteiger partial charge is 0.341 e. The Morgan fingerprint density at radius 1 is 0.952 bits per heavy atom. The third-order valence-corrected chi connectivity index (χ3v) is 4.82. The number of sulfone groups is 1. The van der Waals surface area contributed by atoms with Crippen molar-refractivity contribution in [3.63, 3.8) is 0 Å². The molecule has 0 bridgehead atoms. The van der Waals surface area contributed by atoms with Gasteiger partial charge >= 0.3 is 5.76 Å². The van der Waals surface area contributed by atoms with E-state index in [9.17, 15) is 17.2 Å². The van der Waals surface area contributed by atoms with E-state index in [1.54, 1.807) is 23.9 Å². The summed E-state index contributed by atoms with van der Waals surface area (Å²) in [5, 5.41) is 0. The van der Waals surface area contributed by atoms with Crippen molar-refractivity contribution in [3.05, 3.63) is 48.5 Å². The molecule has 21 heavy (non-hydrogen) atoms. The van der Waals surface area contributed by atoms with Crippen molar-refractivity contribution in [1.29, 1.82) is 0 Å². The lowest BCUT2D eigenvalue weighted by Gasteiger charge is -2.07. The van der Waals surface area contributed by atoms with Gasteiger partial charge in [-0.1, -0.05) is 0 Å². The summed E-state index contributed by atoms with van der Waals surface area (Å²) in [6.07, 6.45) is 1.96. The number of ether oxygens (including phenoxy) is 1. The third kappa shape index (κ3) is 3.74. The number of halogens is 2. The van der Waals surface area contributed by atoms with Crippen LogP contribution in [-0.2, 0) is 9.84 Å². The fourth-order valence-electron chi connectivity index (χ4n) is 1.58. The molecule has 2 rings (SSSR count). The van der Waals surface area contributed by atoms with Gasteiger partial charge in [-0.05, 0) is 54.8 Å². The summed E-state index contributed by atoms with van der Waals surface area (Å²) in [6, 6.07) is 12.2. The van der Waals surface area contributed by atoms with E-state index in [0.717, 1.165) is 17.0 Å². The summed E-state index contributed by atoms with van der Waals surface area (Å²) in [4.78, 5) is 0.656. The minimum absolute atomic E-state index is 0.375. The molecule has 0 aromatic heterocycles. The lowest BCUT2D eigenvalue weighted by atomic mass is 10.3. The largest absolute Gasteiger partial charge is 0.457 e. The molecule has 2 aromatic carbocycles. The predicted molar refractivity (Wildman–Crippen MR) is 77.9 cm³/mol. The SMILES string of the molecule is CSc1ccc(Oc2ccc(S(=O)(=O)C(F)F)cc2)cc1. The quantitative estimate of drug-likeness (QED) is 0.771. The van der Waals surface area contributed by atoms with Gasteiger partial charge in [-0.25, -0.2) is 8.42 Å². The van der Waals surface area contributed by atoms with Crippen molar-refractivity contribution in [2.75, 3.05) is 6.26 Å². The molecular weight excluding hydrogens is 318 g/mol. The van der Waals surface area contributed by atoms with Crippen LogP contribution in [0.2, 0.25) is 0 Å². The highest BCUT2D eigenvalue weighted by molar-refractivity contribution is 7.98. The molecule has 0 aliphatic carbocycles. The van der Waals surface area contributed by atoms with Crippen LogP contribution in [-0.4, -0.2) is 20.4 Å². The van der Waals surface area contributed by atoms with Crippen LogP contribution in [0.5, 0.6) is 11.5 Å². The first kappa shape index (κ1) is 15.8. The van der Waals surface area contributed by atoms with E-state index in [2.05, 4.69) is 0 Å². The Labute approximate surface area is 125 Å². The van der Waals surface area contributed by atoms with Crippen molar-refractivity contribution in [1.82, 2.24) is 0 Å². The molecule has 0 unspecified atom stereocenters. The number of rotatable bonds is 5. The average molecular weight is 330 g/mol. The van der Waals surface area contributed by atoms with Crippen LogP contribution in [0.3, 0.4) is 0 Å². The molecule has 0 N–H and O–H groups in total. The van der Waals surface area contributed by atoms with Gasteiger partial charge in [0.1, 0.15) is 11.5 Å². The number of hydrogen-bond donors (Lipinski definition) is 0. The summed E-state index contributed by atoms with van der Waals surface area (Å²) in [5.41, 5.74) is 0. The van der Waals surface area contributed by atoms with Crippen molar-refractivity contribution in [2.24, 2.45) is 0 Å². The zero-order valence-corrected chi connectivity index (χ0v) is 12.6. The molecule has 0 aliphatic heterocycles. The molecule has 0 heterocycles. The van der Waals surface area contributed by atoms with Crippen LogP contribution in [0.1, 0.15) is 0 Å². The molecule has 0 radical (unpaired) electrons. The first-order valence-corrected chi connectivity index (χ1v) is 8.64. The highest BCUT2D eigenvalue weighted by atomic mass is 32.2. The maximum atomic E-state index is 12.4. The van der Waals surface area contributed by atoms with Crippen LogP contribution < -0.4 is 4.74 Å². The molecule has 0 spiro atoms. The lowest BCUT2D eigenvalue weighted by Crippen LogP contribution is -2.11. The normalized spacial score (nSPS) is 11.6. The standard InChI is InChI=1S/C14H12F2O3S2/c1-20-12-6-2-10(3-7-12)19-11-4-8-13(9-5-11)21(17,18)14(15)16/h2-9,14H,1H3. The molecule has 0 atom stereocenters. The summed E-state index contributed by atoms with van der Waals surface area (Å²) in [5.74, 6) is -2.47. The minimum Gasteiger partial charge on any atom is -0.457 e. The minimum atomic E-state index is -4.57. The molecule has 7 heteroatoms. The Bertz CT molecular complexity index is 696. The molecular formula is C14H12F2O3S2. The predicted octanol–water partition coefficient (Wildman–Crippen LogP) is 4.20. The Morgan fingerprint density at radius 2 is 1.43 bits per heavy atom. The fraction of sp³-hybridized carbons (Fsp3) is 0.143. The highest BCUT2D eigenvalue weighted by Crippen LogP contribution is 2.26. The van der Waals surface area contributed by atoms with Gasteiger partial charge in [0.05, 0.1) is 4.90 Å². The Balaban J connectivity index is 2.15. The van der Waals surface area contributed by atoms with E-state index < -0.39 is 20.5 Å². The Kier molecular flexibility index (Phi) is 4.84. The van der Waals surface area contributed by atoms with Gasteiger partial charge < -0.3 is 4.74 Å². The topological polar surface area (TPSA) is 43.4 Å². The Hall–Kier alpha value is -1.60. The lowest BCUT2D eigenvalue weighted by molar-refractivity contribution is 0.234. The van der Waals surface area contributed by atoms with E-state index in [1.807, 2.05) is 18.4 Å². The van der Waals surface area contributed by atoms with Gasteiger partial charge in [0.2, 0.25) is 9.84 Å². The fourth-order valence-corrected chi connectivity index (χ4v) is 2.71. The molecule has 112 valence electrons. The monoisotopic (exact) mass is 330 g/mol. The molecule has 0 fully saturated rings. The van der Waals surface area contributed by atoms with Crippen molar-refractivity contribution in [2.45, 2.75) is 15.5 Å². The average Bonchev–Trinajstić information content (AvgIpc) is 2.48. The number of thioether (sulfide) groups is 1. The van der Waals surface area contributed by atoms with Crippen LogP contribution in [0.4, 0.5) is 8.78 Å². The van der Waals surface area contributed by atoms with E-state index in [-0.39, 0.29) is 0 Å². The van der Waals surface area contributed by atoms with Crippen LogP contribution >= 0.6 is 11.8 Å². The zero-order valence-electron chi connectivity index (χ0n) is 11.0. The molecule has 0 saturated heterocycles. The molecule has 0 aliphatic rings. The van der Waals surface area contributed by atoms with Crippen molar-refractivity contribution >= 4 is 21.6 Å². The molecule has 3 nitrogen and oxygen atoms in total. The number of benzene rings is 2. The van der Waals surface area contributed by atoms with Crippen molar-refractivity contribution < 1.29 is 21.9 Å². The summed E-state index contributed by atoms with van der Waals surface area (Å²) in [7, 11) is -4.57. The second kappa shape index (κ2) is 6.44. The maximum absolute atomic E-state index is 12.4. The van der Waals surface area contributed by atoms with Crippen LogP contribution in [0.25, 0.3) is 0 Å². The second-order valence-electron chi connectivity index (χ2n) is 4.05. The van der Waals surface area contributed by atoms with Gasteiger partial charge in [0, 0.05) is 4.90 Å². The first-order valence-electron chi connectivity index (χ1n) is 5.87. The van der Waals surface area contributed by atoms with Gasteiger partial charge in [-0.2, -0.15) is 8.78 Å². The van der Waals surface area contributed by atoms with Crippen LogP contribution in [0.15, 0.2) is 58.3 Å². The van der Waals surface area contributed by atoms with Crippen molar-refractivity contribution in [3.8, 4) is 11.5 Å². The summed E-state index contributed by atoms with van der Waals surface area (Å²) >= 11 is 1.60. The zero-order chi connectivity index (χ0) is 15.5. The van der Waals surface area contributed by atoms with E-state index >= 15 is 0 Å². The van der Waals surface area contributed by atoms with Crippen LogP contribution in [0, 0.1) is 0 Å². The van der Waals surface area contributed by atoms with Gasteiger partial charge in [0.15, 0.2) is 0 Å².